The van der Waals surface area contributed by atoms with E-state index in [0.29, 0.717) is 16.0 Å². The normalized spacial score (nSPS) is 24.7. The zero-order valence-electron chi connectivity index (χ0n) is 13.5. The average molecular weight is 359 g/mol. The van der Waals surface area contributed by atoms with Crippen LogP contribution >= 0.6 is 23.2 Å². The van der Waals surface area contributed by atoms with Crippen LogP contribution in [0.25, 0.3) is 11.1 Å². The third-order valence-corrected chi connectivity index (χ3v) is 6.68. The first-order valence-corrected chi connectivity index (χ1v) is 9.55. The summed E-state index contributed by atoms with van der Waals surface area (Å²) in [5.41, 5.74) is 6.77. The minimum atomic E-state index is 0.627. The lowest BCUT2D eigenvalue weighted by Crippen LogP contribution is -2.40. The quantitative estimate of drug-likeness (QED) is 0.792. The molecule has 2 atom stereocenters. The van der Waals surface area contributed by atoms with Crippen LogP contribution in [0.3, 0.4) is 0 Å². The lowest BCUT2D eigenvalue weighted by molar-refractivity contribution is 0.470. The molecule has 124 valence electrons. The number of halogens is 2. The van der Waals surface area contributed by atoms with E-state index in [9.17, 15) is 0 Å². The first-order chi connectivity index (χ1) is 11.7. The maximum Gasteiger partial charge on any atom is 0.0670 e. The van der Waals surface area contributed by atoms with E-state index < -0.39 is 0 Å². The van der Waals surface area contributed by atoms with Gasteiger partial charge in [0.2, 0.25) is 0 Å². The highest BCUT2D eigenvalue weighted by Crippen LogP contribution is 2.47. The van der Waals surface area contributed by atoms with E-state index in [1.54, 1.807) is 0 Å². The molecule has 24 heavy (non-hydrogen) atoms. The third kappa shape index (κ3) is 2.20. The van der Waals surface area contributed by atoms with Gasteiger partial charge in [0, 0.05) is 43.3 Å². The second-order valence-electron chi connectivity index (χ2n) is 7.25. The Morgan fingerprint density at radius 2 is 2.04 bits per heavy atom. The Hall–Kier alpha value is -1.22. The molecule has 0 radical (unpaired) electrons. The number of fused-ring (bicyclic) bond motifs is 2. The number of aryl methyl sites for hydroxylation is 1. The number of hydrogen-bond donors (Lipinski definition) is 1. The van der Waals surface area contributed by atoms with Crippen molar-refractivity contribution in [1.29, 1.82) is 0 Å². The van der Waals surface area contributed by atoms with Crippen molar-refractivity contribution in [1.82, 2.24) is 5.32 Å². The van der Waals surface area contributed by atoms with Gasteiger partial charge in [-0.05, 0) is 53.6 Å². The number of hydrogen-bond acceptors (Lipinski definition) is 2. The molecule has 0 amide bonds. The van der Waals surface area contributed by atoms with E-state index in [0.717, 1.165) is 31.0 Å². The molecule has 2 nitrogen and oxygen atoms in total. The van der Waals surface area contributed by atoms with Gasteiger partial charge in [0.25, 0.3) is 0 Å². The van der Waals surface area contributed by atoms with E-state index in [1.165, 1.54) is 41.9 Å². The second-order valence-corrected chi connectivity index (χ2v) is 8.03. The molecule has 0 unspecified atom stereocenters. The van der Waals surface area contributed by atoms with E-state index in [-0.39, 0.29) is 0 Å². The summed E-state index contributed by atoms with van der Waals surface area (Å²) < 4.78 is 0. The Bertz CT molecular complexity index is 818. The van der Waals surface area contributed by atoms with Crippen molar-refractivity contribution in [3.8, 4) is 11.1 Å². The first-order valence-electron chi connectivity index (χ1n) is 8.79. The van der Waals surface area contributed by atoms with Crippen molar-refractivity contribution < 1.29 is 0 Å². The molecule has 3 aliphatic heterocycles. The van der Waals surface area contributed by atoms with E-state index >= 15 is 0 Å². The summed E-state index contributed by atoms with van der Waals surface area (Å²) in [6.07, 6.45) is 2.40. The van der Waals surface area contributed by atoms with Gasteiger partial charge in [-0.15, -0.1) is 0 Å². The monoisotopic (exact) mass is 358 g/mol. The lowest BCUT2D eigenvalue weighted by atomic mass is 9.79. The summed E-state index contributed by atoms with van der Waals surface area (Å²) in [5.74, 6) is 1.36. The van der Waals surface area contributed by atoms with Crippen LogP contribution < -0.4 is 10.2 Å². The van der Waals surface area contributed by atoms with Crippen molar-refractivity contribution in [2.24, 2.45) is 5.92 Å². The van der Waals surface area contributed by atoms with Crippen LogP contribution in [0.4, 0.5) is 5.69 Å². The fourth-order valence-corrected chi connectivity index (χ4v) is 5.20. The zero-order chi connectivity index (χ0) is 16.3. The molecule has 5 rings (SSSR count). The maximum absolute atomic E-state index is 6.51. The van der Waals surface area contributed by atoms with Crippen LogP contribution in [0.1, 0.15) is 23.5 Å². The topological polar surface area (TPSA) is 15.3 Å². The summed E-state index contributed by atoms with van der Waals surface area (Å²) in [4.78, 5) is 2.62. The number of benzene rings is 2. The Labute approximate surface area is 152 Å². The van der Waals surface area contributed by atoms with Crippen LogP contribution in [-0.4, -0.2) is 26.2 Å². The Kier molecular flexibility index (Phi) is 3.55. The molecule has 3 heterocycles. The van der Waals surface area contributed by atoms with E-state index in [2.05, 4.69) is 28.4 Å². The molecule has 2 aromatic carbocycles. The largest absolute Gasteiger partial charge is 0.371 e. The highest BCUT2D eigenvalue weighted by atomic mass is 35.5. The van der Waals surface area contributed by atoms with Gasteiger partial charge in [-0.2, -0.15) is 0 Å². The molecule has 0 aliphatic carbocycles. The van der Waals surface area contributed by atoms with E-state index in [1.807, 2.05) is 12.1 Å². The molecular formula is C20H20Cl2N2. The van der Waals surface area contributed by atoms with E-state index in [4.69, 9.17) is 23.2 Å². The molecule has 1 saturated heterocycles. The highest BCUT2D eigenvalue weighted by molar-refractivity contribution is 6.43. The Morgan fingerprint density at radius 3 is 2.96 bits per heavy atom. The molecule has 0 saturated carbocycles. The van der Waals surface area contributed by atoms with Crippen LogP contribution in [0, 0.1) is 5.92 Å². The van der Waals surface area contributed by atoms with Gasteiger partial charge < -0.3 is 10.2 Å². The molecule has 0 spiro atoms. The standard InChI is InChI=1S/C20H20Cl2N2/c21-18-5-1-4-15(19(18)22)13-7-12-3-2-6-24-11-14-9-23-10-17(14)16(8-13)20(12)24/h1,4-5,7-8,14,17,23H,2-3,6,9-11H2/t14-,17-/m1/s1. The third-order valence-electron chi connectivity index (χ3n) is 5.87. The molecule has 0 bridgehead atoms. The minimum Gasteiger partial charge on any atom is -0.371 e. The first kappa shape index (κ1) is 15.1. The molecule has 1 N–H and O–H groups in total. The van der Waals surface area contributed by atoms with Crippen molar-refractivity contribution in [3.05, 3.63) is 51.5 Å². The summed E-state index contributed by atoms with van der Waals surface area (Å²) in [5, 5.41) is 4.89. The number of anilines is 1. The SMILES string of the molecule is Clc1cccc(-c2cc3c4c(c2)[C@@H]2CNC[C@@H]2CN4CCC3)c1Cl. The number of rotatable bonds is 1. The van der Waals surface area contributed by atoms with Gasteiger partial charge in [0.1, 0.15) is 0 Å². The van der Waals surface area contributed by atoms with Crippen LogP contribution in [0.15, 0.2) is 30.3 Å². The fourth-order valence-electron chi connectivity index (χ4n) is 4.79. The van der Waals surface area contributed by atoms with Crippen molar-refractivity contribution in [2.75, 3.05) is 31.1 Å². The Morgan fingerprint density at radius 1 is 1.12 bits per heavy atom. The summed E-state index contributed by atoms with van der Waals surface area (Å²) in [6, 6.07) is 10.6. The van der Waals surface area contributed by atoms with Gasteiger partial charge >= 0.3 is 0 Å². The molecule has 1 fully saturated rings. The number of nitrogens with one attached hydrogen (secondary N) is 1. The van der Waals surface area contributed by atoms with Gasteiger partial charge in [-0.25, -0.2) is 0 Å². The van der Waals surface area contributed by atoms with Crippen LogP contribution in [-0.2, 0) is 6.42 Å². The average Bonchev–Trinajstić information content (AvgIpc) is 3.06. The van der Waals surface area contributed by atoms with Crippen molar-refractivity contribution >= 4 is 28.9 Å². The molecule has 0 aromatic heterocycles. The van der Waals surface area contributed by atoms with Crippen LogP contribution in [0.5, 0.6) is 0 Å². The van der Waals surface area contributed by atoms with Crippen LogP contribution in [0.2, 0.25) is 10.0 Å². The highest BCUT2D eigenvalue weighted by Gasteiger charge is 2.39. The van der Waals surface area contributed by atoms with Gasteiger partial charge in [-0.3, -0.25) is 0 Å². The van der Waals surface area contributed by atoms with Crippen molar-refractivity contribution in [3.63, 3.8) is 0 Å². The summed E-state index contributed by atoms with van der Waals surface area (Å²) in [7, 11) is 0. The number of nitrogens with zero attached hydrogens (tertiary/aromatic N) is 1. The smallest absolute Gasteiger partial charge is 0.0670 e. The van der Waals surface area contributed by atoms with Gasteiger partial charge in [0.15, 0.2) is 0 Å². The molecular weight excluding hydrogens is 339 g/mol. The summed E-state index contributed by atoms with van der Waals surface area (Å²) >= 11 is 12.8. The molecule has 4 heteroatoms. The summed E-state index contributed by atoms with van der Waals surface area (Å²) in [6.45, 7) is 4.63. The predicted molar refractivity (Wildman–Crippen MR) is 102 cm³/mol. The second kappa shape index (κ2) is 5.66. The van der Waals surface area contributed by atoms with Gasteiger partial charge in [0.05, 0.1) is 10.0 Å². The lowest BCUT2D eigenvalue weighted by Gasteiger charge is -2.42. The van der Waals surface area contributed by atoms with Crippen molar-refractivity contribution in [2.45, 2.75) is 18.8 Å². The zero-order valence-corrected chi connectivity index (χ0v) is 15.0. The Balaban J connectivity index is 1.72. The predicted octanol–water partition coefficient (Wildman–Crippen LogP) is 4.73. The maximum atomic E-state index is 6.51. The molecule has 2 aromatic rings. The fraction of sp³-hybridized carbons (Fsp3) is 0.400. The minimum absolute atomic E-state index is 0.627. The van der Waals surface area contributed by atoms with Gasteiger partial charge in [-0.1, -0.05) is 35.3 Å². The molecule has 3 aliphatic rings.